The van der Waals surface area contributed by atoms with Crippen LogP contribution in [-0.2, 0) is 0 Å². The molecule has 1 aromatic heterocycles. The summed E-state index contributed by atoms with van der Waals surface area (Å²) in [6, 6.07) is 5.50. The van der Waals surface area contributed by atoms with Crippen LogP contribution in [0.15, 0.2) is 18.3 Å². The Morgan fingerprint density at radius 3 is 3.00 bits per heavy atom. The third-order valence-electron chi connectivity index (χ3n) is 1.17. The van der Waals surface area contributed by atoms with E-state index >= 15 is 0 Å². The van der Waals surface area contributed by atoms with E-state index in [1.807, 2.05) is 19.1 Å². The maximum Gasteiger partial charge on any atom is 0.214 e. The van der Waals surface area contributed by atoms with Gasteiger partial charge in [-0.25, -0.2) is 4.98 Å². The van der Waals surface area contributed by atoms with Crippen LogP contribution in [0.2, 0.25) is 0 Å². The Morgan fingerprint density at radius 2 is 2.45 bits per heavy atom. The first-order chi connectivity index (χ1) is 5.33. The number of nitrogens with zero attached hydrogens (tertiary/aromatic N) is 2. The summed E-state index contributed by atoms with van der Waals surface area (Å²) in [6.07, 6.45) is 1.70. The lowest BCUT2D eigenvalue weighted by atomic mass is 10.3. The van der Waals surface area contributed by atoms with Gasteiger partial charge in [0.15, 0.2) is 6.61 Å². The summed E-state index contributed by atoms with van der Waals surface area (Å²) in [4.78, 5) is 3.94. The Bertz CT molecular complexity index is 260. The van der Waals surface area contributed by atoms with Crippen molar-refractivity contribution in [2.24, 2.45) is 0 Å². The van der Waals surface area contributed by atoms with Gasteiger partial charge in [-0.1, -0.05) is 6.07 Å². The molecule has 1 rings (SSSR count). The van der Waals surface area contributed by atoms with Gasteiger partial charge in [0.25, 0.3) is 0 Å². The van der Waals surface area contributed by atoms with Gasteiger partial charge in [-0.05, 0) is 12.5 Å². The molecule has 0 N–H and O–H groups in total. The van der Waals surface area contributed by atoms with Crippen molar-refractivity contribution >= 4 is 0 Å². The maximum atomic E-state index is 8.18. The number of nitriles is 1. The number of aromatic nitrogens is 1. The quantitative estimate of drug-likeness (QED) is 0.634. The second-order valence-corrected chi connectivity index (χ2v) is 2.12. The topological polar surface area (TPSA) is 45.9 Å². The second kappa shape index (κ2) is 3.57. The lowest BCUT2D eigenvalue weighted by molar-refractivity contribution is 0.353. The molecule has 0 atom stereocenters. The van der Waals surface area contributed by atoms with Crippen LogP contribution < -0.4 is 4.74 Å². The standard InChI is InChI=1S/C8H8N2O/c1-7-2-3-8(10-6-7)11-5-4-9/h2-3,6H,5H2,1H3. The zero-order valence-electron chi connectivity index (χ0n) is 6.24. The van der Waals surface area contributed by atoms with E-state index in [1.165, 1.54) is 0 Å². The molecule has 0 saturated heterocycles. The largest absolute Gasteiger partial charge is 0.462 e. The van der Waals surface area contributed by atoms with Gasteiger partial charge in [0.05, 0.1) is 0 Å². The van der Waals surface area contributed by atoms with E-state index in [9.17, 15) is 0 Å². The van der Waals surface area contributed by atoms with Crippen LogP contribution in [0.1, 0.15) is 5.56 Å². The molecule has 3 heteroatoms. The molecule has 0 spiro atoms. The minimum absolute atomic E-state index is 0.0516. The average Bonchev–Trinajstić information content (AvgIpc) is 2.04. The van der Waals surface area contributed by atoms with E-state index in [0.29, 0.717) is 5.88 Å². The molecule has 56 valence electrons. The number of ether oxygens (including phenoxy) is 1. The molecule has 0 fully saturated rings. The summed E-state index contributed by atoms with van der Waals surface area (Å²) >= 11 is 0. The number of hydrogen-bond donors (Lipinski definition) is 0. The molecule has 0 radical (unpaired) electrons. The first-order valence-corrected chi connectivity index (χ1v) is 3.25. The zero-order chi connectivity index (χ0) is 8.10. The van der Waals surface area contributed by atoms with Gasteiger partial charge in [0, 0.05) is 12.3 Å². The van der Waals surface area contributed by atoms with Crippen molar-refractivity contribution in [1.82, 2.24) is 4.98 Å². The highest BCUT2D eigenvalue weighted by molar-refractivity contribution is 5.16. The molecule has 0 saturated carbocycles. The first kappa shape index (κ1) is 7.55. The SMILES string of the molecule is Cc1ccc(OCC#N)nc1. The molecule has 1 heterocycles. The van der Waals surface area contributed by atoms with Crippen molar-refractivity contribution in [2.45, 2.75) is 6.92 Å². The smallest absolute Gasteiger partial charge is 0.214 e. The van der Waals surface area contributed by atoms with E-state index in [-0.39, 0.29) is 6.61 Å². The van der Waals surface area contributed by atoms with Crippen molar-refractivity contribution in [3.05, 3.63) is 23.9 Å². The van der Waals surface area contributed by atoms with Crippen LogP contribution in [0.25, 0.3) is 0 Å². The Kier molecular flexibility index (Phi) is 2.45. The van der Waals surface area contributed by atoms with E-state index in [0.717, 1.165) is 5.56 Å². The fourth-order valence-corrected chi connectivity index (χ4v) is 0.646. The minimum atomic E-state index is 0.0516. The fourth-order valence-electron chi connectivity index (χ4n) is 0.646. The Balaban J connectivity index is 2.60. The summed E-state index contributed by atoms with van der Waals surface area (Å²) in [5, 5.41) is 8.18. The van der Waals surface area contributed by atoms with Gasteiger partial charge in [-0.3, -0.25) is 0 Å². The second-order valence-electron chi connectivity index (χ2n) is 2.12. The molecule has 0 aliphatic carbocycles. The monoisotopic (exact) mass is 148 g/mol. The highest BCUT2D eigenvalue weighted by atomic mass is 16.5. The Hall–Kier alpha value is -1.56. The lowest BCUT2D eigenvalue weighted by Gasteiger charge is -1.98. The molecule has 1 aromatic rings. The summed E-state index contributed by atoms with van der Waals surface area (Å²) in [5.74, 6) is 0.497. The third-order valence-corrected chi connectivity index (χ3v) is 1.17. The molecular formula is C8H8N2O. The summed E-state index contributed by atoms with van der Waals surface area (Å²) in [7, 11) is 0. The molecule has 0 aliphatic rings. The van der Waals surface area contributed by atoms with Crippen molar-refractivity contribution in [3.8, 4) is 11.9 Å². The molecule has 0 amide bonds. The molecule has 11 heavy (non-hydrogen) atoms. The number of pyridine rings is 1. The fraction of sp³-hybridized carbons (Fsp3) is 0.250. The van der Waals surface area contributed by atoms with Crippen LogP contribution in [0.3, 0.4) is 0 Å². The van der Waals surface area contributed by atoms with Crippen molar-refractivity contribution in [3.63, 3.8) is 0 Å². The van der Waals surface area contributed by atoms with Gasteiger partial charge >= 0.3 is 0 Å². The van der Waals surface area contributed by atoms with Crippen LogP contribution in [0.4, 0.5) is 0 Å². The van der Waals surface area contributed by atoms with E-state index < -0.39 is 0 Å². The molecule has 0 bridgehead atoms. The van der Waals surface area contributed by atoms with Crippen LogP contribution in [0, 0.1) is 18.3 Å². The van der Waals surface area contributed by atoms with Crippen molar-refractivity contribution in [1.29, 1.82) is 5.26 Å². The van der Waals surface area contributed by atoms with Gasteiger partial charge in [0.2, 0.25) is 5.88 Å². The van der Waals surface area contributed by atoms with Gasteiger partial charge in [0.1, 0.15) is 6.07 Å². The Labute approximate surface area is 65.3 Å². The van der Waals surface area contributed by atoms with Gasteiger partial charge < -0.3 is 4.74 Å². The predicted molar refractivity (Wildman–Crippen MR) is 40.1 cm³/mol. The molecule has 0 aliphatic heterocycles. The van der Waals surface area contributed by atoms with Gasteiger partial charge in [-0.2, -0.15) is 5.26 Å². The highest BCUT2D eigenvalue weighted by Gasteiger charge is 1.91. The molecule has 0 unspecified atom stereocenters. The average molecular weight is 148 g/mol. The lowest BCUT2D eigenvalue weighted by Crippen LogP contribution is -1.95. The van der Waals surface area contributed by atoms with E-state index in [4.69, 9.17) is 10.00 Å². The number of hydrogen-bond acceptors (Lipinski definition) is 3. The van der Waals surface area contributed by atoms with Gasteiger partial charge in [-0.15, -0.1) is 0 Å². The molecule has 0 aromatic carbocycles. The van der Waals surface area contributed by atoms with E-state index in [1.54, 1.807) is 12.3 Å². The van der Waals surface area contributed by atoms with Crippen LogP contribution in [-0.4, -0.2) is 11.6 Å². The highest BCUT2D eigenvalue weighted by Crippen LogP contribution is 2.05. The molecular weight excluding hydrogens is 140 g/mol. The summed E-state index contributed by atoms with van der Waals surface area (Å²) < 4.78 is 4.94. The summed E-state index contributed by atoms with van der Waals surface area (Å²) in [5.41, 5.74) is 1.08. The number of rotatable bonds is 2. The number of aryl methyl sites for hydroxylation is 1. The third kappa shape index (κ3) is 2.26. The minimum Gasteiger partial charge on any atom is -0.462 e. The zero-order valence-corrected chi connectivity index (χ0v) is 6.24. The first-order valence-electron chi connectivity index (χ1n) is 3.25. The summed E-state index contributed by atoms with van der Waals surface area (Å²) in [6.45, 7) is 2.00. The van der Waals surface area contributed by atoms with Crippen LogP contribution >= 0.6 is 0 Å². The maximum absolute atomic E-state index is 8.18. The predicted octanol–water partition coefficient (Wildman–Crippen LogP) is 1.29. The van der Waals surface area contributed by atoms with Crippen molar-refractivity contribution < 1.29 is 4.74 Å². The van der Waals surface area contributed by atoms with E-state index in [2.05, 4.69) is 4.98 Å². The van der Waals surface area contributed by atoms with Crippen molar-refractivity contribution in [2.75, 3.05) is 6.61 Å². The molecule has 3 nitrogen and oxygen atoms in total. The Morgan fingerprint density at radius 1 is 1.64 bits per heavy atom. The normalized spacial score (nSPS) is 8.73. The van der Waals surface area contributed by atoms with Crippen LogP contribution in [0.5, 0.6) is 5.88 Å².